The van der Waals surface area contributed by atoms with Crippen molar-refractivity contribution in [2.24, 2.45) is 0 Å². The molecule has 2 aromatic rings. The predicted octanol–water partition coefficient (Wildman–Crippen LogP) is 5.19. The molecule has 2 nitrogen and oxygen atoms in total. The molecule has 118 valence electrons. The molecule has 0 fully saturated rings. The predicted molar refractivity (Wildman–Crippen MR) is 97.7 cm³/mol. The summed E-state index contributed by atoms with van der Waals surface area (Å²) >= 11 is 3.47. The topological polar surface area (TPSA) is 26.3 Å². The van der Waals surface area contributed by atoms with Crippen LogP contribution in [0.2, 0.25) is 0 Å². The van der Waals surface area contributed by atoms with E-state index in [0.29, 0.717) is 0 Å². The summed E-state index contributed by atoms with van der Waals surface area (Å²) in [6.07, 6.45) is 0. The van der Waals surface area contributed by atoms with Crippen LogP contribution in [0.3, 0.4) is 0 Å². The van der Waals surface area contributed by atoms with Crippen LogP contribution in [-0.2, 0) is 5.41 Å². The fourth-order valence-corrected chi connectivity index (χ4v) is 4.57. The summed E-state index contributed by atoms with van der Waals surface area (Å²) in [5.74, 6) is 1.75. The van der Waals surface area contributed by atoms with Gasteiger partial charge in [0.25, 0.3) is 0 Å². The molecule has 0 aliphatic rings. The molecule has 0 aliphatic heterocycles. The van der Waals surface area contributed by atoms with Crippen LogP contribution in [0.4, 0.5) is 0 Å². The van der Waals surface area contributed by atoms with Gasteiger partial charge in [-0.1, -0.05) is 39.8 Å². The van der Waals surface area contributed by atoms with Gasteiger partial charge in [0.05, 0.1) is 16.9 Å². The largest absolute Gasteiger partial charge is 0.497 e. The zero-order valence-corrected chi connectivity index (χ0v) is 15.4. The molecule has 0 bridgehead atoms. The minimum absolute atomic E-state index is 0.00861. The second-order valence-electron chi connectivity index (χ2n) is 6.05. The van der Waals surface area contributed by atoms with Gasteiger partial charge in [0.2, 0.25) is 0 Å². The van der Waals surface area contributed by atoms with E-state index in [1.54, 1.807) is 36.3 Å². The van der Waals surface area contributed by atoms with Gasteiger partial charge in [-0.25, -0.2) is 0 Å². The third kappa shape index (κ3) is 3.73. The first-order chi connectivity index (χ1) is 10.4. The van der Waals surface area contributed by atoms with Crippen molar-refractivity contribution in [1.29, 1.82) is 0 Å². The number of benzene rings is 1. The highest BCUT2D eigenvalue weighted by Gasteiger charge is 2.20. The van der Waals surface area contributed by atoms with Gasteiger partial charge in [-0.3, -0.25) is 4.79 Å². The first kappa shape index (κ1) is 17.1. The maximum atomic E-state index is 12.7. The van der Waals surface area contributed by atoms with Crippen molar-refractivity contribution >= 4 is 23.1 Å². The van der Waals surface area contributed by atoms with E-state index >= 15 is 0 Å². The van der Waals surface area contributed by atoms with E-state index in [4.69, 9.17) is 4.74 Å². The van der Waals surface area contributed by atoms with Crippen molar-refractivity contribution in [3.63, 3.8) is 0 Å². The lowest BCUT2D eigenvalue weighted by molar-refractivity contribution is 0.415. The minimum atomic E-state index is -0.00861. The zero-order valence-electron chi connectivity index (χ0n) is 13.7. The Hall–Kier alpha value is -1.26. The third-order valence-corrected chi connectivity index (χ3v) is 6.01. The fourth-order valence-electron chi connectivity index (χ4n) is 2.09. The Morgan fingerprint density at radius 3 is 2.32 bits per heavy atom. The second-order valence-corrected chi connectivity index (χ2v) is 8.63. The third-order valence-electron chi connectivity index (χ3n) is 3.31. The average molecular weight is 335 g/mol. The molecule has 0 saturated heterocycles. The van der Waals surface area contributed by atoms with Crippen LogP contribution in [-0.4, -0.2) is 12.9 Å². The number of thioether (sulfide) groups is 1. The molecule has 1 aromatic heterocycles. The Kier molecular flexibility index (Phi) is 5.35. The van der Waals surface area contributed by atoms with E-state index in [0.717, 1.165) is 31.7 Å². The summed E-state index contributed by atoms with van der Waals surface area (Å²) in [5.41, 5.74) is 1.86. The van der Waals surface area contributed by atoms with Crippen LogP contribution < -0.4 is 10.2 Å². The van der Waals surface area contributed by atoms with Crippen LogP contribution in [0.25, 0.3) is 11.1 Å². The number of rotatable bonds is 4. The molecule has 0 aliphatic carbocycles. The Labute approximate surface area is 140 Å². The van der Waals surface area contributed by atoms with Gasteiger partial charge in [0.1, 0.15) is 5.75 Å². The van der Waals surface area contributed by atoms with Crippen molar-refractivity contribution < 1.29 is 4.74 Å². The van der Waals surface area contributed by atoms with Gasteiger partial charge in [-0.15, -0.1) is 23.1 Å². The molecule has 0 saturated carbocycles. The molecule has 2 rings (SSSR count). The lowest BCUT2D eigenvalue weighted by Crippen LogP contribution is -2.15. The molecule has 1 heterocycles. The summed E-state index contributed by atoms with van der Waals surface area (Å²) in [5, 5.41) is 0. The first-order valence-electron chi connectivity index (χ1n) is 7.32. The SMILES string of the molecule is CCSc1sc(C(C)(C)C)cc(=O)c1-c1ccc(OC)cc1. The van der Waals surface area contributed by atoms with Crippen molar-refractivity contribution in [3.05, 3.63) is 45.4 Å². The highest BCUT2D eigenvalue weighted by molar-refractivity contribution is 8.01. The minimum Gasteiger partial charge on any atom is -0.497 e. The van der Waals surface area contributed by atoms with E-state index in [1.165, 1.54) is 0 Å². The quantitative estimate of drug-likeness (QED) is 0.719. The number of hydrogen-bond acceptors (Lipinski definition) is 4. The normalized spacial score (nSPS) is 11.5. The maximum absolute atomic E-state index is 12.7. The highest BCUT2D eigenvalue weighted by Crippen LogP contribution is 2.37. The van der Waals surface area contributed by atoms with Crippen LogP contribution in [0.5, 0.6) is 5.75 Å². The lowest BCUT2D eigenvalue weighted by Gasteiger charge is -2.19. The standard InChI is InChI=1S/C18H22O2S2/c1-6-21-17-16(12-7-9-13(20-5)10-8-12)14(19)11-15(22-17)18(2,3)4/h7-11H,6H2,1-5H3. The van der Waals surface area contributed by atoms with E-state index in [2.05, 4.69) is 27.7 Å². The Morgan fingerprint density at radius 2 is 1.82 bits per heavy atom. The van der Waals surface area contributed by atoms with Crippen molar-refractivity contribution in [3.8, 4) is 16.9 Å². The molecule has 0 spiro atoms. The van der Waals surface area contributed by atoms with Gasteiger partial charge in [-0.05, 0) is 34.9 Å². The van der Waals surface area contributed by atoms with E-state index in [1.807, 2.05) is 24.3 Å². The van der Waals surface area contributed by atoms with Crippen LogP contribution in [0.15, 0.2) is 39.3 Å². The Bertz CT molecular complexity index is 695. The summed E-state index contributed by atoms with van der Waals surface area (Å²) in [6, 6.07) is 9.51. The fraction of sp³-hybridized carbons (Fsp3) is 0.389. The van der Waals surface area contributed by atoms with E-state index in [9.17, 15) is 4.79 Å². The molecule has 0 atom stereocenters. The van der Waals surface area contributed by atoms with Crippen LogP contribution in [0, 0.1) is 0 Å². The summed E-state index contributed by atoms with van der Waals surface area (Å²) in [6.45, 7) is 8.55. The van der Waals surface area contributed by atoms with Gasteiger partial charge in [0, 0.05) is 4.88 Å². The molecule has 0 N–H and O–H groups in total. The molecule has 4 heteroatoms. The van der Waals surface area contributed by atoms with Gasteiger partial charge >= 0.3 is 0 Å². The zero-order chi connectivity index (χ0) is 16.3. The second kappa shape index (κ2) is 6.88. The van der Waals surface area contributed by atoms with Crippen molar-refractivity contribution in [1.82, 2.24) is 0 Å². The molecule has 0 radical (unpaired) electrons. The molecule has 0 amide bonds. The van der Waals surface area contributed by atoms with Crippen molar-refractivity contribution in [2.75, 3.05) is 12.9 Å². The number of hydrogen-bond donors (Lipinski definition) is 0. The Morgan fingerprint density at radius 1 is 1.18 bits per heavy atom. The van der Waals surface area contributed by atoms with Crippen LogP contribution >= 0.6 is 23.1 Å². The smallest absolute Gasteiger partial charge is 0.189 e. The van der Waals surface area contributed by atoms with Gasteiger partial charge < -0.3 is 4.74 Å². The molecule has 0 unspecified atom stereocenters. The number of ether oxygens (including phenoxy) is 1. The average Bonchev–Trinajstić information content (AvgIpc) is 2.46. The van der Waals surface area contributed by atoms with E-state index < -0.39 is 0 Å². The molecule has 1 aromatic carbocycles. The van der Waals surface area contributed by atoms with Gasteiger partial charge in [-0.2, -0.15) is 0 Å². The number of methoxy groups -OCH3 is 1. The van der Waals surface area contributed by atoms with E-state index in [-0.39, 0.29) is 10.8 Å². The Balaban J connectivity index is 2.60. The molecular formula is C18H22O2S2. The van der Waals surface area contributed by atoms with Crippen molar-refractivity contribution in [2.45, 2.75) is 37.3 Å². The highest BCUT2D eigenvalue weighted by atomic mass is 32.2. The monoisotopic (exact) mass is 334 g/mol. The van der Waals surface area contributed by atoms with Gasteiger partial charge in [0.15, 0.2) is 5.43 Å². The summed E-state index contributed by atoms with van der Waals surface area (Å²) in [7, 11) is 1.65. The summed E-state index contributed by atoms with van der Waals surface area (Å²) in [4.78, 5) is 13.8. The first-order valence-corrected chi connectivity index (χ1v) is 9.13. The molecular weight excluding hydrogens is 312 g/mol. The lowest BCUT2D eigenvalue weighted by atomic mass is 9.94. The summed E-state index contributed by atoms with van der Waals surface area (Å²) < 4.78 is 6.30. The molecule has 22 heavy (non-hydrogen) atoms. The maximum Gasteiger partial charge on any atom is 0.189 e. The van der Waals surface area contributed by atoms with Crippen LogP contribution in [0.1, 0.15) is 32.6 Å².